The SMILES string of the molecule is COc1ccccc1CNc1nc2c(-c3cccc(Br)c3)nnn2c2ccccc12. The van der Waals surface area contributed by atoms with Gasteiger partial charge in [-0.05, 0) is 30.3 Å². The quantitative estimate of drug-likeness (QED) is 0.384. The predicted octanol–water partition coefficient (Wildman–Crippen LogP) is 5.33. The number of hydrogen-bond acceptors (Lipinski definition) is 5. The highest BCUT2D eigenvalue weighted by atomic mass is 79.9. The number of anilines is 1. The molecule has 5 rings (SSSR count). The normalized spacial score (nSPS) is 11.1. The summed E-state index contributed by atoms with van der Waals surface area (Å²) >= 11 is 3.53. The molecule has 0 aliphatic rings. The zero-order valence-corrected chi connectivity index (χ0v) is 17.8. The molecule has 148 valence electrons. The highest BCUT2D eigenvalue weighted by molar-refractivity contribution is 9.10. The van der Waals surface area contributed by atoms with Crippen molar-refractivity contribution in [3.05, 3.63) is 82.8 Å². The molecule has 6 nitrogen and oxygen atoms in total. The Morgan fingerprint density at radius 1 is 1.00 bits per heavy atom. The van der Waals surface area contributed by atoms with Crippen LogP contribution in [0.3, 0.4) is 0 Å². The summed E-state index contributed by atoms with van der Waals surface area (Å²) in [7, 11) is 1.68. The standard InChI is InChI=1S/C23H18BrN5O/c1-30-20-12-5-2-7-16(20)14-25-22-18-10-3-4-11-19(18)29-23(26-22)21(27-28-29)15-8-6-9-17(24)13-15/h2-13H,14H2,1H3,(H,25,26). The molecule has 0 aliphatic heterocycles. The molecular formula is C23H18BrN5O. The van der Waals surface area contributed by atoms with Crippen LogP contribution in [0.4, 0.5) is 5.82 Å². The summed E-state index contributed by atoms with van der Waals surface area (Å²) in [4.78, 5) is 4.91. The first-order chi connectivity index (χ1) is 14.7. The molecule has 2 heterocycles. The van der Waals surface area contributed by atoms with E-state index in [1.807, 2.05) is 72.8 Å². The minimum atomic E-state index is 0.588. The van der Waals surface area contributed by atoms with Crippen LogP contribution in [0.1, 0.15) is 5.56 Å². The number of halogens is 1. The Kier molecular flexibility index (Phi) is 4.80. The van der Waals surface area contributed by atoms with E-state index in [-0.39, 0.29) is 0 Å². The molecule has 0 amide bonds. The maximum absolute atomic E-state index is 5.48. The van der Waals surface area contributed by atoms with Gasteiger partial charge in [0, 0.05) is 27.5 Å². The summed E-state index contributed by atoms with van der Waals surface area (Å²) < 4.78 is 8.25. The third kappa shape index (κ3) is 3.27. The van der Waals surface area contributed by atoms with E-state index in [9.17, 15) is 0 Å². The lowest BCUT2D eigenvalue weighted by Gasteiger charge is -2.12. The van der Waals surface area contributed by atoms with E-state index in [4.69, 9.17) is 9.72 Å². The molecule has 0 radical (unpaired) electrons. The number of hydrogen-bond donors (Lipinski definition) is 1. The van der Waals surface area contributed by atoms with Gasteiger partial charge >= 0.3 is 0 Å². The molecule has 0 bridgehead atoms. The molecule has 0 saturated carbocycles. The second-order valence-electron chi connectivity index (χ2n) is 6.83. The molecule has 0 aliphatic carbocycles. The number of fused-ring (bicyclic) bond motifs is 3. The summed E-state index contributed by atoms with van der Waals surface area (Å²) in [5.41, 5.74) is 4.40. The highest BCUT2D eigenvalue weighted by Crippen LogP contribution is 2.29. The first kappa shape index (κ1) is 18.6. The summed E-state index contributed by atoms with van der Waals surface area (Å²) in [6.45, 7) is 0.588. The topological polar surface area (TPSA) is 64.3 Å². The molecular weight excluding hydrogens is 442 g/mol. The number of nitrogens with one attached hydrogen (secondary N) is 1. The van der Waals surface area contributed by atoms with Crippen LogP contribution >= 0.6 is 15.9 Å². The van der Waals surface area contributed by atoms with Gasteiger partial charge < -0.3 is 10.1 Å². The molecule has 0 fully saturated rings. The lowest BCUT2D eigenvalue weighted by atomic mass is 10.1. The van der Waals surface area contributed by atoms with E-state index >= 15 is 0 Å². The van der Waals surface area contributed by atoms with Gasteiger partial charge in [-0.3, -0.25) is 0 Å². The lowest BCUT2D eigenvalue weighted by Crippen LogP contribution is -2.06. The molecule has 0 atom stereocenters. The van der Waals surface area contributed by atoms with Crippen LogP contribution in [0.15, 0.2) is 77.3 Å². The summed E-state index contributed by atoms with van der Waals surface area (Å²) in [6.07, 6.45) is 0. The van der Waals surface area contributed by atoms with Crippen molar-refractivity contribution in [2.45, 2.75) is 6.54 Å². The maximum atomic E-state index is 5.48. The zero-order valence-electron chi connectivity index (χ0n) is 16.2. The second-order valence-corrected chi connectivity index (χ2v) is 7.74. The number of aromatic nitrogens is 4. The van der Waals surface area contributed by atoms with Gasteiger partial charge in [-0.1, -0.05) is 63.6 Å². The monoisotopic (exact) mass is 459 g/mol. The Morgan fingerprint density at radius 2 is 1.83 bits per heavy atom. The Labute approximate surface area is 181 Å². The van der Waals surface area contributed by atoms with Gasteiger partial charge in [0.15, 0.2) is 5.65 Å². The van der Waals surface area contributed by atoms with E-state index in [1.165, 1.54) is 0 Å². The van der Waals surface area contributed by atoms with Crippen molar-refractivity contribution in [1.82, 2.24) is 19.8 Å². The Bertz CT molecular complexity index is 1360. The van der Waals surface area contributed by atoms with E-state index in [0.29, 0.717) is 12.2 Å². The molecule has 3 aromatic carbocycles. The molecule has 2 aromatic heterocycles. The molecule has 0 spiro atoms. The number of methoxy groups -OCH3 is 1. The molecule has 7 heteroatoms. The van der Waals surface area contributed by atoms with Crippen LogP contribution < -0.4 is 10.1 Å². The van der Waals surface area contributed by atoms with Crippen LogP contribution in [0.25, 0.3) is 27.8 Å². The fraction of sp³-hybridized carbons (Fsp3) is 0.0870. The van der Waals surface area contributed by atoms with E-state index in [1.54, 1.807) is 11.6 Å². The average molecular weight is 460 g/mol. The number of ether oxygens (including phenoxy) is 1. The van der Waals surface area contributed by atoms with E-state index in [0.717, 1.165) is 43.8 Å². The van der Waals surface area contributed by atoms with Crippen LogP contribution in [0.2, 0.25) is 0 Å². The largest absolute Gasteiger partial charge is 0.496 e. The van der Waals surface area contributed by atoms with Crippen molar-refractivity contribution >= 4 is 38.3 Å². The average Bonchev–Trinajstić information content (AvgIpc) is 3.22. The smallest absolute Gasteiger partial charge is 0.186 e. The number of benzene rings is 3. The van der Waals surface area contributed by atoms with E-state index < -0.39 is 0 Å². The van der Waals surface area contributed by atoms with Crippen molar-refractivity contribution in [3.63, 3.8) is 0 Å². The van der Waals surface area contributed by atoms with Crippen LogP contribution in [0, 0.1) is 0 Å². The number of nitrogens with zero attached hydrogens (tertiary/aromatic N) is 4. The fourth-order valence-electron chi connectivity index (χ4n) is 3.55. The summed E-state index contributed by atoms with van der Waals surface area (Å²) in [5.74, 6) is 1.62. The molecule has 1 N–H and O–H groups in total. The number of rotatable bonds is 5. The third-order valence-electron chi connectivity index (χ3n) is 4.99. The van der Waals surface area contributed by atoms with Crippen molar-refractivity contribution in [2.24, 2.45) is 0 Å². The number of para-hydroxylation sites is 2. The van der Waals surface area contributed by atoms with Crippen molar-refractivity contribution in [3.8, 4) is 17.0 Å². The minimum absolute atomic E-state index is 0.588. The lowest BCUT2D eigenvalue weighted by molar-refractivity contribution is 0.410. The second kappa shape index (κ2) is 7.76. The highest BCUT2D eigenvalue weighted by Gasteiger charge is 2.16. The zero-order chi connectivity index (χ0) is 20.5. The van der Waals surface area contributed by atoms with Crippen LogP contribution in [0.5, 0.6) is 5.75 Å². The van der Waals surface area contributed by atoms with Gasteiger partial charge in [-0.15, -0.1) is 5.10 Å². The van der Waals surface area contributed by atoms with Gasteiger partial charge in [0.05, 0.1) is 12.6 Å². The maximum Gasteiger partial charge on any atom is 0.186 e. The Balaban J connectivity index is 1.64. The third-order valence-corrected chi connectivity index (χ3v) is 5.48. The minimum Gasteiger partial charge on any atom is -0.496 e. The molecule has 5 aromatic rings. The Morgan fingerprint density at radius 3 is 2.70 bits per heavy atom. The molecule has 30 heavy (non-hydrogen) atoms. The van der Waals surface area contributed by atoms with E-state index in [2.05, 4.69) is 31.6 Å². The Hall–Kier alpha value is -3.45. The molecule has 0 saturated heterocycles. The van der Waals surface area contributed by atoms with Gasteiger partial charge in [-0.25, -0.2) is 4.98 Å². The first-order valence-corrected chi connectivity index (χ1v) is 10.3. The van der Waals surface area contributed by atoms with Crippen molar-refractivity contribution in [2.75, 3.05) is 12.4 Å². The summed E-state index contributed by atoms with van der Waals surface area (Å²) in [5, 5.41) is 13.3. The first-order valence-electron chi connectivity index (χ1n) is 9.50. The van der Waals surface area contributed by atoms with Gasteiger partial charge in [-0.2, -0.15) is 4.52 Å². The van der Waals surface area contributed by atoms with Gasteiger partial charge in [0.25, 0.3) is 0 Å². The molecule has 0 unspecified atom stereocenters. The van der Waals surface area contributed by atoms with Crippen molar-refractivity contribution < 1.29 is 4.74 Å². The van der Waals surface area contributed by atoms with Crippen LogP contribution in [-0.2, 0) is 6.54 Å². The predicted molar refractivity (Wildman–Crippen MR) is 122 cm³/mol. The van der Waals surface area contributed by atoms with Gasteiger partial charge in [0.2, 0.25) is 0 Å². The van der Waals surface area contributed by atoms with Gasteiger partial charge in [0.1, 0.15) is 17.3 Å². The van der Waals surface area contributed by atoms with Crippen LogP contribution in [-0.4, -0.2) is 26.9 Å². The fourth-order valence-corrected chi connectivity index (χ4v) is 3.95. The van der Waals surface area contributed by atoms with Crippen molar-refractivity contribution in [1.29, 1.82) is 0 Å². The summed E-state index contributed by atoms with van der Waals surface area (Å²) in [6, 6.07) is 24.0.